The Morgan fingerprint density at radius 3 is 3.00 bits per heavy atom. The van der Waals surface area contributed by atoms with Crippen molar-refractivity contribution >= 4 is 5.97 Å². The van der Waals surface area contributed by atoms with Crippen molar-refractivity contribution < 1.29 is 9.53 Å². The number of hydrogen-bond acceptors (Lipinski definition) is 3. The fourth-order valence-electron chi connectivity index (χ4n) is 1.77. The molecule has 0 aliphatic rings. The Hall–Kier alpha value is -2.04. The summed E-state index contributed by atoms with van der Waals surface area (Å²) in [6.07, 6.45) is 6.10. The maximum Gasteiger partial charge on any atom is 0.316 e. The van der Waals surface area contributed by atoms with E-state index in [4.69, 9.17) is 4.74 Å². The van der Waals surface area contributed by atoms with Gasteiger partial charge in [-0.1, -0.05) is 6.92 Å². The third-order valence-electron chi connectivity index (χ3n) is 2.73. The number of imidazole rings is 1. The van der Waals surface area contributed by atoms with Gasteiger partial charge in [0.25, 0.3) is 0 Å². The van der Waals surface area contributed by atoms with Gasteiger partial charge in [-0.2, -0.15) is 0 Å². The number of aromatic nitrogens is 3. The van der Waals surface area contributed by atoms with Gasteiger partial charge in [-0.05, 0) is 12.5 Å². The van der Waals surface area contributed by atoms with E-state index in [1.165, 1.54) is 7.11 Å². The first-order valence-corrected chi connectivity index (χ1v) is 5.52. The van der Waals surface area contributed by atoms with E-state index in [1.807, 2.05) is 25.4 Å². The number of nitrogens with one attached hydrogen (secondary N) is 2. The van der Waals surface area contributed by atoms with Crippen LogP contribution in [0.3, 0.4) is 0 Å². The van der Waals surface area contributed by atoms with Crippen LogP contribution in [0.4, 0.5) is 0 Å². The number of carbonyl (C=O) groups is 1. The van der Waals surface area contributed by atoms with Crippen LogP contribution < -0.4 is 0 Å². The average molecular weight is 233 g/mol. The van der Waals surface area contributed by atoms with Crippen LogP contribution in [0, 0.1) is 0 Å². The molecule has 90 valence electrons. The van der Waals surface area contributed by atoms with Gasteiger partial charge in [0.15, 0.2) is 0 Å². The lowest BCUT2D eigenvalue weighted by molar-refractivity contribution is -0.142. The van der Waals surface area contributed by atoms with Crippen LogP contribution in [0.1, 0.15) is 25.1 Å². The number of H-pyrrole nitrogens is 2. The quantitative estimate of drug-likeness (QED) is 0.794. The van der Waals surface area contributed by atoms with Crippen LogP contribution >= 0.6 is 0 Å². The number of nitrogens with zero attached hydrogens (tertiary/aromatic N) is 1. The molecular weight excluding hydrogens is 218 g/mol. The summed E-state index contributed by atoms with van der Waals surface area (Å²) < 4.78 is 4.75. The summed E-state index contributed by atoms with van der Waals surface area (Å²) in [5.41, 5.74) is 1.91. The van der Waals surface area contributed by atoms with Crippen molar-refractivity contribution in [3.8, 4) is 11.3 Å². The number of carbonyl (C=O) groups excluding carboxylic acids is 1. The number of methoxy groups -OCH3 is 1. The fourth-order valence-corrected chi connectivity index (χ4v) is 1.77. The number of hydrogen-bond donors (Lipinski definition) is 2. The monoisotopic (exact) mass is 233 g/mol. The lowest BCUT2D eigenvalue weighted by atomic mass is 10.1. The number of ether oxygens (including phenoxy) is 1. The molecule has 2 heterocycles. The van der Waals surface area contributed by atoms with Crippen molar-refractivity contribution in [2.75, 3.05) is 7.11 Å². The van der Waals surface area contributed by atoms with Gasteiger partial charge in [0.2, 0.25) is 0 Å². The van der Waals surface area contributed by atoms with Gasteiger partial charge < -0.3 is 14.7 Å². The maximum absolute atomic E-state index is 11.6. The molecule has 0 fully saturated rings. The summed E-state index contributed by atoms with van der Waals surface area (Å²) in [5, 5.41) is 0. The minimum atomic E-state index is -0.326. The van der Waals surface area contributed by atoms with E-state index < -0.39 is 0 Å². The first-order valence-electron chi connectivity index (χ1n) is 5.52. The van der Waals surface area contributed by atoms with Crippen LogP contribution in [0.15, 0.2) is 24.7 Å². The summed E-state index contributed by atoms with van der Waals surface area (Å²) in [4.78, 5) is 21.9. The second kappa shape index (κ2) is 4.86. The van der Waals surface area contributed by atoms with Gasteiger partial charge in [0.1, 0.15) is 11.7 Å². The molecule has 0 saturated carbocycles. The third kappa shape index (κ3) is 2.22. The highest BCUT2D eigenvalue weighted by Crippen LogP contribution is 2.22. The highest BCUT2D eigenvalue weighted by Gasteiger charge is 2.22. The van der Waals surface area contributed by atoms with E-state index in [-0.39, 0.29) is 11.9 Å². The highest BCUT2D eigenvalue weighted by molar-refractivity contribution is 5.77. The summed E-state index contributed by atoms with van der Waals surface area (Å²) in [6, 6.07) is 1.94. The van der Waals surface area contributed by atoms with Crippen molar-refractivity contribution in [2.45, 2.75) is 19.3 Å². The molecule has 5 nitrogen and oxygen atoms in total. The standard InChI is InChI=1S/C12H15N3O2/c1-3-9(12(16)17-2)11-14-7-10(15-11)8-4-5-13-6-8/h4-7,9,13H,3H2,1-2H3,(H,14,15). The normalized spacial score (nSPS) is 12.4. The molecule has 17 heavy (non-hydrogen) atoms. The van der Waals surface area contributed by atoms with Crippen molar-refractivity contribution in [3.05, 3.63) is 30.5 Å². The number of aromatic amines is 2. The predicted octanol–water partition coefficient (Wildman–Crippen LogP) is 2.07. The van der Waals surface area contributed by atoms with E-state index in [0.29, 0.717) is 12.2 Å². The summed E-state index contributed by atoms with van der Waals surface area (Å²) in [5.74, 6) is 0.0608. The van der Waals surface area contributed by atoms with E-state index in [1.54, 1.807) is 6.20 Å². The molecule has 1 atom stereocenters. The molecule has 2 N–H and O–H groups in total. The molecule has 5 heteroatoms. The Morgan fingerprint density at radius 2 is 2.41 bits per heavy atom. The van der Waals surface area contributed by atoms with Crippen LogP contribution in [0.25, 0.3) is 11.3 Å². The molecule has 0 radical (unpaired) electrons. The van der Waals surface area contributed by atoms with E-state index in [0.717, 1.165) is 11.3 Å². The first kappa shape index (κ1) is 11.4. The lowest BCUT2D eigenvalue weighted by Crippen LogP contribution is -2.14. The van der Waals surface area contributed by atoms with E-state index in [2.05, 4.69) is 15.0 Å². The SMILES string of the molecule is CCC(C(=O)OC)c1ncc(-c2cc[nH]c2)[nH]1. The lowest BCUT2D eigenvalue weighted by Gasteiger charge is -2.08. The molecule has 0 aliphatic carbocycles. The Kier molecular flexibility index (Phi) is 3.27. The van der Waals surface area contributed by atoms with Gasteiger partial charge in [-0.3, -0.25) is 4.79 Å². The van der Waals surface area contributed by atoms with E-state index >= 15 is 0 Å². The molecule has 0 amide bonds. The van der Waals surface area contributed by atoms with Crippen molar-refractivity contribution in [1.29, 1.82) is 0 Å². The molecule has 0 aromatic carbocycles. The van der Waals surface area contributed by atoms with Gasteiger partial charge in [-0.25, -0.2) is 4.98 Å². The Balaban J connectivity index is 2.25. The Bertz CT molecular complexity index is 488. The minimum absolute atomic E-state index is 0.262. The average Bonchev–Trinajstić information content (AvgIpc) is 2.99. The Morgan fingerprint density at radius 1 is 1.59 bits per heavy atom. The zero-order chi connectivity index (χ0) is 12.3. The molecule has 0 saturated heterocycles. The molecule has 0 bridgehead atoms. The zero-order valence-electron chi connectivity index (χ0n) is 9.86. The molecule has 2 aromatic heterocycles. The summed E-state index contributed by atoms with van der Waals surface area (Å²) >= 11 is 0. The van der Waals surface area contributed by atoms with Crippen LogP contribution in [0.5, 0.6) is 0 Å². The third-order valence-corrected chi connectivity index (χ3v) is 2.73. The van der Waals surface area contributed by atoms with Gasteiger partial charge in [0.05, 0.1) is 19.0 Å². The van der Waals surface area contributed by atoms with Crippen LogP contribution in [0.2, 0.25) is 0 Å². The van der Waals surface area contributed by atoms with Gasteiger partial charge >= 0.3 is 5.97 Å². The molecule has 0 aliphatic heterocycles. The largest absolute Gasteiger partial charge is 0.468 e. The van der Waals surface area contributed by atoms with Gasteiger partial charge in [0, 0.05) is 18.0 Å². The van der Waals surface area contributed by atoms with Crippen LogP contribution in [-0.4, -0.2) is 28.0 Å². The molecule has 2 rings (SSSR count). The molecule has 0 spiro atoms. The minimum Gasteiger partial charge on any atom is -0.468 e. The van der Waals surface area contributed by atoms with E-state index in [9.17, 15) is 4.79 Å². The van der Waals surface area contributed by atoms with Crippen molar-refractivity contribution in [1.82, 2.24) is 15.0 Å². The molecule has 1 unspecified atom stereocenters. The van der Waals surface area contributed by atoms with Crippen molar-refractivity contribution in [2.24, 2.45) is 0 Å². The Labute approximate surface area is 99.2 Å². The van der Waals surface area contributed by atoms with Gasteiger partial charge in [-0.15, -0.1) is 0 Å². The predicted molar refractivity (Wildman–Crippen MR) is 63.4 cm³/mol. The summed E-state index contributed by atoms with van der Waals surface area (Å²) in [6.45, 7) is 1.93. The maximum atomic E-state index is 11.6. The van der Waals surface area contributed by atoms with Crippen LogP contribution in [-0.2, 0) is 9.53 Å². The van der Waals surface area contributed by atoms with Crippen molar-refractivity contribution in [3.63, 3.8) is 0 Å². The zero-order valence-corrected chi connectivity index (χ0v) is 9.86. The second-order valence-corrected chi connectivity index (χ2v) is 3.77. The molecular formula is C12H15N3O2. The second-order valence-electron chi connectivity index (χ2n) is 3.77. The number of esters is 1. The fraction of sp³-hybridized carbons (Fsp3) is 0.333. The highest BCUT2D eigenvalue weighted by atomic mass is 16.5. The summed E-state index contributed by atoms with van der Waals surface area (Å²) in [7, 11) is 1.39. The number of rotatable bonds is 4. The topological polar surface area (TPSA) is 70.8 Å². The first-order chi connectivity index (χ1) is 8.26. The smallest absolute Gasteiger partial charge is 0.316 e. The molecule has 2 aromatic rings.